The van der Waals surface area contributed by atoms with Gasteiger partial charge in [0.2, 0.25) is 0 Å². The normalized spacial score (nSPS) is 14.1. The second-order valence-corrected chi connectivity index (χ2v) is 8.14. The molecular weight excluding hydrogens is 402 g/mol. The van der Waals surface area contributed by atoms with Gasteiger partial charge < -0.3 is 0 Å². The van der Waals surface area contributed by atoms with Gasteiger partial charge in [0.05, 0.1) is 16.2 Å². The van der Waals surface area contributed by atoms with Gasteiger partial charge in [0.15, 0.2) is 0 Å². The fraction of sp³-hybridized carbons (Fsp3) is 0.0833. The van der Waals surface area contributed by atoms with Gasteiger partial charge in [0, 0.05) is 10.8 Å². The van der Waals surface area contributed by atoms with E-state index in [-0.39, 0.29) is 11.8 Å². The van der Waals surface area contributed by atoms with Gasteiger partial charge in [-0.3, -0.25) is 9.59 Å². The largest absolute Gasteiger partial charge is 0.272 e. The molecule has 3 aromatic carbocycles. The number of nitrogens with zero attached hydrogens (tertiary/aromatic N) is 1. The van der Waals surface area contributed by atoms with Crippen LogP contribution in [-0.4, -0.2) is 11.8 Å². The Balaban J connectivity index is 1.75. The summed E-state index contributed by atoms with van der Waals surface area (Å²) in [7, 11) is 0. The Labute approximate surface area is 179 Å². The summed E-state index contributed by atoms with van der Waals surface area (Å²) in [5.74, 6) is 0.0151. The number of anilines is 1. The third-order valence-electron chi connectivity index (χ3n) is 4.73. The van der Waals surface area contributed by atoms with E-state index in [1.54, 1.807) is 18.2 Å². The van der Waals surface area contributed by atoms with E-state index in [1.807, 2.05) is 67.6 Å². The molecule has 0 unspecified atom stereocenters. The van der Waals surface area contributed by atoms with Crippen LogP contribution in [0.1, 0.15) is 16.7 Å². The highest BCUT2D eigenvalue weighted by Gasteiger charge is 2.40. The van der Waals surface area contributed by atoms with Crippen LogP contribution >= 0.6 is 23.4 Å². The zero-order valence-electron chi connectivity index (χ0n) is 15.8. The van der Waals surface area contributed by atoms with Crippen molar-refractivity contribution in [1.82, 2.24) is 0 Å². The summed E-state index contributed by atoms with van der Waals surface area (Å²) >= 11 is 7.47. The van der Waals surface area contributed by atoms with E-state index in [2.05, 4.69) is 0 Å². The zero-order valence-corrected chi connectivity index (χ0v) is 17.3. The maximum Gasteiger partial charge on any atom is 0.272 e. The highest BCUT2D eigenvalue weighted by molar-refractivity contribution is 8.03. The van der Waals surface area contributed by atoms with E-state index < -0.39 is 0 Å². The number of halogens is 1. The molecule has 2 amide bonds. The Morgan fingerprint density at radius 3 is 2.17 bits per heavy atom. The van der Waals surface area contributed by atoms with E-state index in [9.17, 15) is 9.59 Å². The second-order valence-electron chi connectivity index (χ2n) is 6.72. The van der Waals surface area contributed by atoms with Crippen LogP contribution < -0.4 is 4.90 Å². The number of hydrogen-bond donors (Lipinski definition) is 0. The third-order valence-corrected chi connectivity index (χ3v) is 6.11. The standard InChI is InChI=1S/C24H18ClNO2S/c1-16-14-19(25)12-13-20(16)26-23(27)21(18-10-6-3-7-11-18)22(24(26)28)29-15-17-8-4-2-5-9-17/h2-14H,15H2,1H3. The summed E-state index contributed by atoms with van der Waals surface area (Å²) in [5.41, 5.74) is 3.63. The smallest absolute Gasteiger partial charge is 0.268 e. The highest BCUT2D eigenvalue weighted by Crippen LogP contribution is 2.40. The molecule has 144 valence electrons. The molecule has 0 bridgehead atoms. The summed E-state index contributed by atoms with van der Waals surface area (Å²) in [5, 5.41) is 0.570. The molecule has 5 heteroatoms. The molecule has 0 saturated heterocycles. The average Bonchev–Trinajstić information content (AvgIpc) is 2.98. The topological polar surface area (TPSA) is 37.4 Å². The minimum atomic E-state index is -0.304. The molecule has 1 aliphatic rings. The summed E-state index contributed by atoms with van der Waals surface area (Å²) in [6.45, 7) is 1.85. The van der Waals surface area contributed by atoms with Crippen LogP contribution in [0.4, 0.5) is 5.69 Å². The van der Waals surface area contributed by atoms with Gasteiger partial charge in [-0.15, -0.1) is 11.8 Å². The molecule has 0 N–H and O–H groups in total. The number of thioether (sulfide) groups is 1. The average molecular weight is 420 g/mol. The SMILES string of the molecule is Cc1cc(Cl)ccc1N1C(=O)C(SCc2ccccc2)=C(c2ccccc2)C1=O. The van der Waals surface area contributed by atoms with Gasteiger partial charge in [0.1, 0.15) is 0 Å². The van der Waals surface area contributed by atoms with Crippen molar-refractivity contribution in [3.05, 3.63) is 105 Å². The van der Waals surface area contributed by atoms with Gasteiger partial charge in [0.25, 0.3) is 11.8 Å². The zero-order chi connectivity index (χ0) is 20.4. The molecule has 0 aliphatic carbocycles. The van der Waals surface area contributed by atoms with Crippen molar-refractivity contribution in [2.45, 2.75) is 12.7 Å². The summed E-state index contributed by atoms with van der Waals surface area (Å²) in [4.78, 5) is 28.5. The molecule has 4 rings (SSSR count). The van der Waals surface area contributed by atoms with E-state index in [0.29, 0.717) is 26.9 Å². The molecular formula is C24H18ClNO2S. The van der Waals surface area contributed by atoms with Gasteiger partial charge in [-0.05, 0) is 41.8 Å². The van der Waals surface area contributed by atoms with Crippen molar-refractivity contribution in [3.63, 3.8) is 0 Å². The van der Waals surface area contributed by atoms with Crippen LogP contribution in [0.15, 0.2) is 83.8 Å². The van der Waals surface area contributed by atoms with Gasteiger partial charge in [-0.1, -0.05) is 72.3 Å². The van der Waals surface area contributed by atoms with E-state index in [4.69, 9.17) is 11.6 Å². The minimum absolute atomic E-state index is 0.291. The van der Waals surface area contributed by atoms with Crippen molar-refractivity contribution in [2.75, 3.05) is 4.90 Å². The Kier molecular flexibility index (Phi) is 5.56. The molecule has 0 saturated carbocycles. The van der Waals surface area contributed by atoms with E-state index in [1.165, 1.54) is 16.7 Å². The first-order valence-electron chi connectivity index (χ1n) is 9.17. The first-order chi connectivity index (χ1) is 14.1. The maximum absolute atomic E-state index is 13.4. The van der Waals surface area contributed by atoms with Crippen LogP contribution in [-0.2, 0) is 15.3 Å². The van der Waals surface area contributed by atoms with Crippen molar-refractivity contribution >= 4 is 46.4 Å². The molecule has 1 heterocycles. The van der Waals surface area contributed by atoms with Gasteiger partial charge in [-0.2, -0.15) is 0 Å². The molecule has 1 aliphatic heterocycles. The number of imide groups is 1. The number of aryl methyl sites for hydroxylation is 1. The van der Waals surface area contributed by atoms with Crippen LogP contribution in [0.3, 0.4) is 0 Å². The molecule has 0 spiro atoms. The van der Waals surface area contributed by atoms with Crippen LogP contribution in [0.25, 0.3) is 5.57 Å². The molecule has 0 fully saturated rings. The summed E-state index contributed by atoms with van der Waals surface area (Å²) < 4.78 is 0. The van der Waals surface area contributed by atoms with Crippen molar-refractivity contribution in [1.29, 1.82) is 0 Å². The number of amides is 2. The van der Waals surface area contributed by atoms with Crippen molar-refractivity contribution in [3.8, 4) is 0 Å². The lowest BCUT2D eigenvalue weighted by Gasteiger charge is -2.18. The maximum atomic E-state index is 13.4. The fourth-order valence-electron chi connectivity index (χ4n) is 3.32. The first kappa shape index (κ1) is 19.5. The van der Waals surface area contributed by atoms with E-state index in [0.717, 1.165) is 16.7 Å². The van der Waals surface area contributed by atoms with Gasteiger partial charge in [-0.25, -0.2) is 4.90 Å². The Morgan fingerprint density at radius 1 is 0.862 bits per heavy atom. The first-order valence-corrected chi connectivity index (χ1v) is 10.5. The predicted octanol–water partition coefficient (Wildman–Crippen LogP) is 5.87. The molecule has 3 aromatic rings. The monoisotopic (exact) mass is 419 g/mol. The molecule has 29 heavy (non-hydrogen) atoms. The highest BCUT2D eigenvalue weighted by atomic mass is 35.5. The molecule has 0 aromatic heterocycles. The van der Waals surface area contributed by atoms with Crippen molar-refractivity contribution in [2.24, 2.45) is 0 Å². The molecule has 0 radical (unpaired) electrons. The third kappa shape index (κ3) is 3.86. The summed E-state index contributed by atoms with van der Waals surface area (Å²) in [6, 6.07) is 24.4. The Morgan fingerprint density at radius 2 is 1.52 bits per heavy atom. The molecule has 3 nitrogen and oxygen atoms in total. The Hall–Kier alpha value is -2.82. The van der Waals surface area contributed by atoms with E-state index >= 15 is 0 Å². The summed E-state index contributed by atoms with van der Waals surface area (Å²) in [6.07, 6.45) is 0. The Bertz CT molecular complexity index is 1110. The van der Waals surface area contributed by atoms with Crippen LogP contribution in [0, 0.1) is 6.92 Å². The lowest BCUT2D eigenvalue weighted by Crippen LogP contribution is -2.31. The molecule has 0 atom stereocenters. The quantitative estimate of drug-likeness (QED) is 0.485. The fourth-order valence-corrected chi connectivity index (χ4v) is 4.62. The van der Waals surface area contributed by atoms with Crippen LogP contribution in [0.5, 0.6) is 0 Å². The number of carbonyl (C=O) groups excluding carboxylic acids is 2. The predicted molar refractivity (Wildman–Crippen MR) is 120 cm³/mol. The lowest BCUT2D eigenvalue weighted by molar-refractivity contribution is -0.119. The lowest BCUT2D eigenvalue weighted by atomic mass is 10.1. The number of hydrogen-bond acceptors (Lipinski definition) is 3. The van der Waals surface area contributed by atoms with Crippen LogP contribution in [0.2, 0.25) is 5.02 Å². The van der Waals surface area contributed by atoms with Crippen molar-refractivity contribution < 1.29 is 9.59 Å². The minimum Gasteiger partial charge on any atom is -0.268 e. The number of benzene rings is 3. The second kappa shape index (κ2) is 8.27. The number of rotatable bonds is 5. The number of carbonyl (C=O) groups is 2. The van der Waals surface area contributed by atoms with Gasteiger partial charge >= 0.3 is 0 Å².